The van der Waals surface area contributed by atoms with Crippen LogP contribution in [0.2, 0.25) is 0 Å². The number of hydrogen-bond donors (Lipinski definition) is 2. The lowest BCUT2D eigenvalue weighted by Crippen LogP contribution is -2.10. The fraction of sp³-hybridized carbons (Fsp3) is 0.214. The van der Waals surface area contributed by atoms with Crippen molar-refractivity contribution in [2.75, 3.05) is 11.9 Å². The van der Waals surface area contributed by atoms with E-state index in [9.17, 15) is 9.90 Å². The number of aromatic carboxylic acids is 1. The number of fused-ring (bicyclic) bond motifs is 1. The summed E-state index contributed by atoms with van der Waals surface area (Å²) in [6.45, 7) is 0.593. The molecular weight excluding hydrogens is 270 g/mol. The van der Waals surface area contributed by atoms with Gasteiger partial charge in [-0.3, -0.25) is 9.08 Å². The lowest BCUT2D eigenvalue weighted by molar-refractivity contribution is 0.0690. The number of pyridine rings is 1. The van der Waals surface area contributed by atoms with Crippen molar-refractivity contribution in [3.05, 3.63) is 48.0 Å². The molecule has 0 radical (unpaired) electrons. The number of aromatic nitrogens is 4. The molecule has 0 bridgehead atoms. The van der Waals surface area contributed by atoms with E-state index in [-0.39, 0.29) is 5.69 Å². The van der Waals surface area contributed by atoms with Gasteiger partial charge in [0.2, 0.25) is 0 Å². The smallest absolute Gasteiger partial charge is 0.356 e. The van der Waals surface area contributed by atoms with Crippen molar-refractivity contribution < 1.29 is 9.90 Å². The summed E-state index contributed by atoms with van der Waals surface area (Å²) in [6, 6.07) is 5.38. The number of carboxylic acid groups (broad SMARTS) is 1. The largest absolute Gasteiger partial charge is 0.476 e. The minimum atomic E-state index is -1.00. The molecular formula is C14H15N5O2. The van der Waals surface area contributed by atoms with Gasteiger partial charge in [-0.1, -0.05) is 6.07 Å². The van der Waals surface area contributed by atoms with Crippen molar-refractivity contribution in [3.8, 4) is 0 Å². The molecule has 0 aliphatic carbocycles. The summed E-state index contributed by atoms with van der Waals surface area (Å²) >= 11 is 0. The molecule has 0 fully saturated rings. The molecule has 0 aromatic carbocycles. The molecule has 0 aliphatic rings. The second kappa shape index (κ2) is 5.28. The number of carbonyl (C=O) groups is 1. The molecule has 3 aromatic rings. The predicted molar refractivity (Wildman–Crippen MR) is 77.6 cm³/mol. The molecule has 0 unspecified atom stereocenters. The Morgan fingerprint density at radius 1 is 1.43 bits per heavy atom. The van der Waals surface area contributed by atoms with E-state index >= 15 is 0 Å². The first kappa shape index (κ1) is 13.2. The summed E-state index contributed by atoms with van der Waals surface area (Å²) < 4.78 is 3.30. The summed E-state index contributed by atoms with van der Waals surface area (Å²) in [7, 11) is 1.86. The molecule has 3 aromatic heterocycles. The van der Waals surface area contributed by atoms with Crippen molar-refractivity contribution in [2.45, 2.75) is 6.42 Å². The zero-order chi connectivity index (χ0) is 14.8. The molecule has 2 N–H and O–H groups in total. The summed E-state index contributed by atoms with van der Waals surface area (Å²) in [6.07, 6.45) is 6.17. The molecule has 3 rings (SSSR count). The molecule has 0 saturated heterocycles. The molecule has 21 heavy (non-hydrogen) atoms. The summed E-state index contributed by atoms with van der Waals surface area (Å²) in [5.74, 6) is -0.616. The highest BCUT2D eigenvalue weighted by molar-refractivity contribution is 5.92. The molecule has 0 aliphatic heterocycles. The van der Waals surface area contributed by atoms with Crippen LogP contribution in [0.15, 0.2) is 36.8 Å². The number of imidazole rings is 1. The Kier molecular flexibility index (Phi) is 3.31. The first-order chi connectivity index (χ1) is 10.1. The van der Waals surface area contributed by atoms with E-state index < -0.39 is 5.97 Å². The van der Waals surface area contributed by atoms with E-state index in [4.69, 9.17) is 0 Å². The zero-order valence-corrected chi connectivity index (χ0v) is 11.5. The Bertz CT molecular complexity index is 790. The van der Waals surface area contributed by atoms with E-state index in [0.717, 1.165) is 12.0 Å². The number of anilines is 1. The Labute approximate surface area is 120 Å². The Balaban J connectivity index is 1.80. The van der Waals surface area contributed by atoms with Crippen molar-refractivity contribution in [1.29, 1.82) is 0 Å². The molecule has 0 atom stereocenters. The van der Waals surface area contributed by atoms with E-state index in [1.165, 1.54) is 0 Å². The standard InChI is InChI=1S/C14H15N5O2/c1-18-9-10(8-16-18)5-6-15-13-12(14(20)21)19-7-3-2-4-11(19)17-13/h2-4,7-9,15H,5-6H2,1H3,(H,20,21). The number of carboxylic acids is 1. The number of rotatable bonds is 5. The van der Waals surface area contributed by atoms with Gasteiger partial charge in [0, 0.05) is 26.0 Å². The highest BCUT2D eigenvalue weighted by atomic mass is 16.4. The molecule has 0 spiro atoms. The van der Waals surface area contributed by atoms with Crippen LogP contribution in [0.5, 0.6) is 0 Å². The van der Waals surface area contributed by atoms with Crippen LogP contribution in [0.1, 0.15) is 16.1 Å². The monoisotopic (exact) mass is 285 g/mol. The van der Waals surface area contributed by atoms with Crippen LogP contribution in [-0.2, 0) is 13.5 Å². The minimum absolute atomic E-state index is 0.150. The van der Waals surface area contributed by atoms with Crippen LogP contribution in [0, 0.1) is 0 Å². The van der Waals surface area contributed by atoms with Crippen molar-refractivity contribution in [2.24, 2.45) is 7.05 Å². The van der Waals surface area contributed by atoms with Crippen molar-refractivity contribution in [1.82, 2.24) is 19.2 Å². The third-order valence-electron chi connectivity index (χ3n) is 3.20. The Morgan fingerprint density at radius 3 is 3.00 bits per heavy atom. The Morgan fingerprint density at radius 2 is 2.29 bits per heavy atom. The number of nitrogens with one attached hydrogen (secondary N) is 1. The second-order valence-corrected chi connectivity index (χ2v) is 4.74. The molecule has 3 heterocycles. The first-order valence-electron chi connectivity index (χ1n) is 6.57. The maximum absolute atomic E-state index is 11.4. The fourth-order valence-electron chi connectivity index (χ4n) is 2.25. The molecule has 0 amide bonds. The zero-order valence-electron chi connectivity index (χ0n) is 11.5. The average Bonchev–Trinajstić information content (AvgIpc) is 3.02. The Hall–Kier alpha value is -2.83. The molecule has 7 heteroatoms. The first-order valence-corrected chi connectivity index (χ1v) is 6.57. The molecule has 108 valence electrons. The SMILES string of the molecule is Cn1cc(CCNc2nc3ccccn3c2C(=O)O)cn1. The van der Waals surface area contributed by atoms with Gasteiger partial charge in [0.1, 0.15) is 5.65 Å². The molecule has 0 saturated carbocycles. The van der Waals surface area contributed by atoms with Gasteiger partial charge in [-0.2, -0.15) is 5.10 Å². The van der Waals surface area contributed by atoms with Gasteiger partial charge in [0.05, 0.1) is 6.20 Å². The van der Waals surface area contributed by atoms with Crippen molar-refractivity contribution >= 4 is 17.4 Å². The van der Waals surface area contributed by atoms with Gasteiger partial charge < -0.3 is 10.4 Å². The van der Waals surface area contributed by atoms with E-state index in [1.54, 1.807) is 33.6 Å². The predicted octanol–water partition coefficient (Wildman–Crippen LogP) is 1.42. The summed E-state index contributed by atoms with van der Waals surface area (Å²) in [5.41, 5.74) is 1.85. The maximum atomic E-state index is 11.4. The van der Waals surface area contributed by atoms with Crippen LogP contribution in [0.25, 0.3) is 5.65 Å². The quantitative estimate of drug-likeness (QED) is 0.740. The van der Waals surface area contributed by atoms with Crippen LogP contribution < -0.4 is 5.32 Å². The fourth-order valence-corrected chi connectivity index (χ4v) is 2.25. The van der Waals surface area contributed by atoms with Gasteiger partial charge in [-0.25, -0.2) is 9.78 Å². The van der Waals surface area contributed by atoms with E-state index in [2.05, 4.69) is 15.4 Å². The van der Waals surface area contributed by atoms with Crippen LogP contribution in [0.3, 0.4) is 0 Å². The topological polar surface area (TPSA) is 84.5 Å². The van der Waals surface area contributed by atoms with Gasteiger partial charge in [0.25, 0.3) is 0 Å². The minimum Gasteiger partial charge on any atom is -0.476 e. The van der Waals surface area contributed by atoms with Gasteiger partial charge in [0.15, 0.2) is 11.5 Å². The highest BCUT2D eigenvalue weighted by Crippen LogP contribution is 2.17. The number of aryl methyl sites for hydroxylation is 1. The average molecular weight is 285 g/mol. The lowest BCUT2D eigenvalue weighted by Gasteiger charge is -2.03. The third-order valence-corrected chi connectivity index (χ3v) is 3.20. The van der Waals surface area contributed by atoms with E-state index in [1.807, 2.05) is 19.3 Å². The maximum Gasteiger partial charge on any atom is 0.356 e. The normalized spacial score (nSPS) is 10.9. The number of hydrogen-bond acceptors (Lipinski definition) is 4. The van der Waals surface area contributed by atoms with Gasteiger partial charge in [-0.05, 0) is 24.1 Å². The van der Waals surface area contributed by atoms with Crippen LogP contribution in [0.4, 0.5) is 5.82 Å². The second-order valence-electron chi connectivity index (χ2n) is 4.74. The highest BCUT2D eigenvalue weighted by Gasteiger charge is 2.17. The van der Waals surface area contributed by atoms with Gasteiger partial charge >= 0.3 is 5.97 Å². The third kappa shape index (κ3) is 2.58. The summed E-state index contributed by atoms with van der Waals surface area (Å²) in [5, 5.41) is 16.5. The van der Waals surface area contributed by atoms with Crippen LogP contribution >= 0.6 is 0 Å². The van der Waals surface area contributed by atoms with Crippen molar-refractivity contribution in [3.63, 3.8) is 0 Å². The summed E-state index contributed by atoms with van der Waals surface area (Å²) in [4.78, 5) is 15.7. The van der Waals surface area contributed by atoms with Gasteiger partial charge in [-0.15, -0.1) is 0 Å². The van der Waals surface area contributed by atoms with E-state index in [0.29, 0.717) is 18.0 Å². The van der Waals surface area contributed by atoms with Crippen LogP contribution in [-0.4, -0.2) is 36.8 Å². The lowest BCUT2D eigenvalue weighted by atomic mass is 10.2. The molecule has 7 nitrogen and oxygen atoms in total. The number of nitrogens with zero attached hydrogens (tertiary/aromatic N) is 4.